The van der Waals surface area contributed by atoms with Gasteiger partial charge < -0.3 is 15.7 Å². The second kappa shape index (κ2) is 7.88. The predicted molar refractivity (Wildman–Crippen MR) is 65.4 cm³/mol. The average Bonchev–Trinajstić information content (AvgIpc) is 2.21. The summed E-state index contributed by atoms with van der Waals surface area (Å²) in [5.41, 5.74) is 0. The van der Waals surface area contributed by atoms with Gasteiger partial charge in [0.15, 0.2) is 0 Å². The number of primary sulfonamides is 1. The minimum absolute atomic E-state index is 0.0199. The van der Waals surface area contributed by atoms with Gasteiger partial charge in [0, 0.05) is 19.5 Å². The maximum Gasteiger partial charge on any atom is 0.314 e. The second-order valence-corrected chi connectivity index (χ2v) is 5.61. The molecule has 0 aromatic heterocycles. The highest BCUT2D eigenvalue weighted by atomic mass is 32.2. The maximum atomic E-state index is 11.2. The summed E-state index contributed by atoms with van der Waals surface area (Å²) < 4.78 is 21.2. The Morgan fingerprint density at radius 2 is 1.94 bits per heavy atom. The Hall–Kier alpha value is -1.35. The zero-order valence-electron chi connectivity index (χ0n) is 10.2. The molecular formula is C9H19N3O5S. The van der Waals surface area contributed by atoms with Crippen molar-refractivity contribution in [2.24, 2.45) is 11.1 Å². The molecule has 0 rings (SSSR count). The monoisotopic (exact) mass is 281 g/mol. The number of nitrogens with one attached hydrogen (secondary N) is 2. The van der Waals surface area contributed by atoms with Crippen LogP contribution in [0.5, 0.6) is 0 Å². The molecule has 1 atom stereocenters. The van der Waals surface area contributed by atoms with E-state index in [-0.39, 0.29) is 31.2 Å². The zero-order valence-corrected chi connectivity index (χ0v) is 11.0. The fourth-order valence-corrected chi connectivity index (χ4v) is 1.60. The Bertz CT molecular complexity index is 382. The van der Waals surface area contributed by atoms with E-state index >= 15 is 0 Å². The molecular weight excluding hydrogens is 262 g/mol. The third-order valence-corrected chi connectivity index (χ3v) is 3.04. The van der Waals surface area contributed by atoms with Crippen molar-refractivity contribution in [2.75, 3.05) is 18.8 Å². The van der Waals surface area contributed by atoms with Crippen molar-refractivity contribution in [1.82, 2.24) is 10.6 Å². The first-order chi connectivity index (χ1) is 8.24. The van der Waals surface area contributed by atoms with Gasteiger partial charge >= 0.3 is 12.0 Å². The van der Waals surface area contributed by atoms with Crippen LogP contribution >= 0.6 is 0 Å². The molecule has 18 heavy (non-hydrogen) atoms. The molecule has 0 saturated heterocycles. The summed E-state index contributed by atoms with van der Waals surface area (Å²) in [5, 5.41) is 18.1. The van der Waals surface area contributed by atoms with Crippen LogP contribution in [0.3, 0.4) is 0 Å². The predicted octanol–water partition coefficient (Wildman–Crippen LogP) is -0.925. The molecule has 0 aromatic rings. The minimum atomic E-state index is -3.59. The average molecular weight is 281 g/mol. The smallest absolute Gasteiger partial charge is 0.314 e. The molecule has 0 radical (unpaired) electrons. The van der Waals surface area contributed by atoms with E-state index in [0.29, 0.717) is 6.42 Å². The molecule has 0 aliphatic heterocycles. The number of carbonyl (C=O) groups excluding carboxylic acids is 1. The van der Waals surface area contributed by atoms with Crippen molar-refractivity contribution in [3.05, 3.63) is 0 Å². The summed E-state index contributed by atoms with van der Waals surface area (Å²) in [6.45, 7) is 1.97. The highest BCUT2D eigenvalue weighted by Crippen LogP contribution is 2.06. The van der Waals surface area contributed by atoms with E-state index < -0.39 is 22.0 Å². The van der Waals surface area contributed by atoms with Crippen LogP contribution in [0.25, 0.3) is 0 Å². The summed E-state index contributed by atoms with van der Waals surface area (Å²) >= 11 is 0. The number of amides is 2. The van der Waals surface area contributed by atoms with E-state index in [9.17, 15) is 18.0 Å². The Balaban J connectivity index is 3.84. The Morgan fingerprint density at radius 1 is 1.33 bits per heavy atom. The number of rotatable bonds is 8. The lowest BCUT2D eigenvalue weighted by Gasteiger charge is -2.13. The molecule has 0 aromatic carbocycles. The standard InChI is InChI=1S/C9H19N3O5S/c1-2-7(5-8(13)14)6-12-9(15)11-3-4-18(10,16)17/h7H,2-6H2,1H3,(H,13,14)(H2,10,16,17)(H2,11,12,15). The van der Waals surface area contributed by atoms with Gasteiger partial charge in [0.05, 0.1) is 5.75 Å². The Morgan fingerprint density at radius 3 is 2.39 bits per heavy atom. The lowest BCUT2D eigenvalue weighted by atomic mass is 10.0. The summed E-state index contributed by atoms with van der Waals surface area (Å²) in [6, 6.07) is -0.539. The van der Waals surface area contributed by atoms with Gasteiger partial charge in [0.2, 0.25) is 10.0 Å². The SMILES string of the molecule is CCC(CNC(=O)NCCS(N)(=O)=O)CC(=O)O. The van der Waals surface area contributed by atoms with E-state index in [0.717, 1.165) is 0 Å². The molecule has 0 spiro atoms. The van der Waals surface area contributed by atoms with Crippen LogP contribution in [0.1, 0.15) is 19.8 Å². The molecule has 5 N–H and O–H groups in total. The second-order valence-electron chi connectivity index (χ2n) is 3.88. The lowest BCUT2D eigenvalue weighted by Crippen LogP contribution is -2.41. The van der Waals surface area contributed by atoms with E-state index in [2.05, 4.69) is 10.6 Å². The van der Waals surface area contributed by atoms with Gasteiger partial charge in [-0.1, -0.05) is 13.3 Å². The molecule has 0 heterocycles. The molecule has 106 valence electrons. The number of nitrogens with two attached hydrogens (primary N) is 1. The number of carboxylic acid groups (broad SMARTS) is 1. The summed E-state index contributed by atoms with van der Waals surface area (Å²) in [5.74, 6) is -1.41. The molecule has 0 fully saturated rings. The van der Waals surface area contributed by atoms with Crippen LogP contribution in [0.4, 0.5) is 4.79 Å². The van der Waals surface area contributed by atoms with Gasteiger partial charge in [0.25, 0.3) is 0 Å². The lowest BCUT2D eigenvalue weighted by molar-refractivity contribution is -0.138. The third-order valence-electron chi connectivity index (χ3n) is 2.26. The van der Waals surface area contributed by atoms with Crippen LogP contribution < -0.4 is 15.8 Å². The first-order valence-corrected chi connectivity index (χ1v) is 7.20. The largest absolute Gasteiger partial charge is 0.481 e. The van der Waals surface area contributed by atoms with Gasteiger partial charge in [-0.05, 0) is 5.92 Å². The van der Waals surface area contributed by atoms with Crippen molar-refractivity contribution in [1.29, 1.82) is 0 Å². The first kappa shape index (κ1) is 16.6. The molecule has 0 bridgehead atoms. The van der Waals surface area contributed by atoms with Gasteiger partial charge in [-0.2, -0.15) is 0 Å². The van der Waals surface area contributed by atoms with E-state index in [4.69, 9.17) is 10.2 Å². The van der Waals surface area contributed by atoms with Gasteiger partial charge in [-0.3, -0.25) is 4.79 Å². The van der Waals surface area contributed by atoms with Crippen LogP contribution in [0, 0.1) is 5.92 Å². The van der Waals surface area contributed by atoms with E-state index in [1.807, 2.05) is 6.92 Å². The number of hydrogen-bond donors (Lipinski definition) is 4. The zero-order chi connectivity index (χ0) is 14.2. The van der Waals surface area contributed by atoms with Crippen LogP contribution in [0.15, 0.2) is 0 Å². The van der Waals surface area contributed by atoms with Gasteiger partial charge in [-0.25, -0.2) is 18.4 Å². The fourth-order valence-electron chi connectivity index (χ4n) is 1.21. The van der Waals surface area contributed by atoms with E-state index in [1.165, 1.54) is 0 Å². The third kappa shape index (κ3) is 9.85. The Kier molecular flexibility index (Phi) is 7.29. The van der Waals surface area contributed by atoms with Crippen molar-refractivity contribution >= 4 is 22.0 Å². The highest BCUT2D eigenvalue weighted by Gasteiger charge is 2.12. The number of urea groups is 1. The molecule has 0 saturated carbocycles. The number of aliphatic carboxylic acids is 1. The number of carboxylic acids is 1. The van der Waals surface area contributed by atoms with Crippen LogP contribution in [-0.2, 0) is 14.8 Å². The summed E-state index contributed by atoms with van der Waals surface area (Å²) in [4.78, 5) is 21.7. The van der Waals surface area contributed by atoms with Crippen LogP contribution in [0.2, 0.25) is 0 Å². The number of carbonyl (C=O) groups is 2. The number of sulfonamides is 1. The molecule has 9 heteroatoms. The highest BCUT2D eigenvalue weighted by molar-refractivity contribution is 7.89. The van der Waals surface area contributed by atoms with Crippen molar-refractivity contribution < 1.29 is 23.1 Å². The maximum absolute atomic E-state index is 11.2. The quantitative estimate of drug-likeness (QED) is 0.455. The van der Waals surface area contributed by atoms with Gasteiger partial charge in [-0.15, -0.1) is 0 Å². The first-order valence-electron chi connectivity index (χ1n) is 5.48. The Labute approximate surface area is 106 Å². The van der Waals surface area contributed by atoms with Crippen molar-refractivity contribution in [3.8, 4) is 0 Å². The van der Waals surface area contributed by atoms with Crippen molar-refractivity contribution in [2.45, 2.75) is 19.8 Å². The molecule has 0 aliphatic rings. The van der Waals surface area contributed by atoms with Gasteiger partial charge in [0.1, 0.15) is 0 Å². The molecule has 1 unspecified atom stereocenters. The summed E-state index contributed by atoms with van der Waals surface area (Å²) in [6.07, 6.45) is 0.609. The normalized spacial score (nSPS) is 12.8. The fraction of sp³-hybridized carbons (Fsp3) is 0.778. The molecule has 0 aliphatic carbocycles. The molecule has 8 nitrogen and oxygen atoms in total. The number of hydrogen-bond acceptors (Lipinski definition) is 4. The topological polar surface area (TPSA) is 139 Å². The van der Waals surface area contributed by atoms with E-state index in [1.54, 1.807) is 0 Å². The van der Waals surface area contributed by atoms with Crippen molar-refractivity contribution in [3.63, 3.8) is 0 Å². The minimum Gasteiger partial charge on any atom is -0.481 e. The molecule has 2 amide bonds. The van der Waals surface area contributed by atoms with Crippen LogP contribution in [-0.4, -0.2) is 44.4 Å². The summed E-state index contributed by atoms with van der Waals surface area (Å²) in [7, 11) is -3.59.